The fourth-order valence-corrected chi connectivity index (χ4v) is 4.68. The number of sulfonamides is 1. The van der Waals surface area contributed by atoms with Gasteiger partial charge in [-0.2, -0.15) is 0 Å². The lowest BCUT2D eigenvalue weighted by Crippen LogP contribution is -2.32. The first-order valence-corrected chi connectivity index (χ1v) is 10.9. The van der Waals surface area contributed by atoms with Crippen molar-refractivity contribution in [2.75, 3.05) is 0 Å². The molecular weight excluding hydrogens is 374 g/mol. The normalized spacial score (nSPS) is 11.8. The van der Waals surface area contributed by atoms with Gasteiger partial charge in [-0.1, -0.05) is 42.5 Å². The molecule has 0 bridgehead atoms. The Hall–Kier alpha value is -2.64. The van der Waals surface area contributed by atoms with Gasteiger partial charge in [-0.05, 0) is 36.6 Å². The average Bonchev–Trinajstić information content (AvgIpc) is 3.02. The van der Waals surface area contributed by atoms with Crippen LogP contribution in [0.3, 0.4) is 0 Å². The topological polar surface area (TPSA) is 91.1 Å². The number of aromatic nitrogens is 1. The second-order valence-electron chi connectivity index (χ2n) is 7.11. The average molecular weight is 400 g/mol. The van der Waals surface area contributed by atoms with Crippen molar-refractivity contribution in [3.05, 3.63) is 71.4 Å². The summed E-state index contributed by atoms with van der Waals surface area (Å²) < 4.78 is 27.1. The molecular formula is C21H25N3O3S. The van der Waals surface area contributed by atoms with Gasteiger partial charge in [-0.15, -0.1) is 0 Å². The Bertz CT molecular complexity index is 1070. The van der Waals surface area contributed by atoms with Crippen LogP contribution < -0.4 is 10.0 Å². The van der Waals surface area contributed by atoms with Gasteiger partial charge in [0.15, 0.2) is 0 Å². The van der Waals surface area contributed by atoms with Crippen LogP contribution in [0.4, 0.5) is 0 Å². The molecule has 0 saturated carbocycles. The molecule has 28 heavy (non-hydrogen) atoms. The summed E-state index contributed by atoms with van der Waals surface area (Å²) in [6.45, 7) is 3.86. The highest BCUT2D eigenvalue weighted by Crippen LogP contribution is 2.18. The van der Waals surface area contributed by atoms with Crippen molar-refractivity contribution in [3.8, 4) is 0 Å². The van der Waals surface area contributed by atoms with Crippen molar-refractivity contribution >= 4 is 26.8 Å². The van der Waals surface area contributed by atoms with Gasteiger partial charge < -0.3 is 10.3 Å². The Morgan fingerprint density at radius 3 is 2.43 bits per heavy atom. The van der Waals surface area contributed by atoms with Crippen molar-refractivity contribution in [2.45, 2.75) is 38.6 Å². The van der Waals surface area contributed by atoms with E-state index in [2.05, 4.69) is 15.0 Å². The third-order valence-corrected chi connectivity index (χ3v) is 5.90. The molecule has 0 saturated heterocycles. The molecule has 7 heteroatoms. The maximum Gasteiger partial charge on any atom is 0.224 e. The van der Waals surface area contributed by atoms with Crippen LogP contribution in [0.2, 0.25) is 0 Å². The first kappa shape index (κ1) is 20.1. The monoisotopic (exact) mass is 399 g/mol. The molecule has 3 aromatic rings. The van der Waals surface area contributed by atoms with Gasteiger partial charge in [0, 0.05) is 29.7 Å². The standard InChI is InChI=1S/C21H25N3O3S/c1-15(2)24-28(26,27)14-17-8-4-3-7-16(17)12-23-21(25)11-18-13-22-20-10-6-5-9-19(18)20/h3-10,13,15,22,24H,11-12,14H2,1-2H3,(H,23,25). The van der Waals surface area contributed by atoms with E-state index in [1.807, 2.05) is 42.6 Å². The molecule has 0 aliphatic carbocycles. The minimum absolute atomic E-state index is 0.109. The Kier molecular flexibility index (Phi) is 6.16. The van der Waals surface area contributed by atoms with E-state index in [4.69, 9.17) is 0 Å². The molecule has 0 aliphatic rings. The van der Waals surface area contributed by atoms with Crippen LogP contribution in [0, 0.1) is 0 Å². The van der Waals surface area contributed by atoms with Crippen LogP contribution in [0.1, 0.15) is 30.5 Å². The van der Waals surface area contributed by atoms with E-state index < -0.39 is 10.0 Å². The molecule has 3 N–H and O–H groups in total. The quantitative estimate of drug-likeness (QED) is 0.544. The number of H-pyrrole nitrogens is 1. The number of aromatic amines is 1. The number of hydrogen-bond donors (Lipinski definition) is 3. The lowest BCUT2D eigenvalue weighted by atomic mass is 10.1. The molecule has 0 fully saturated rings. The first-order chi connectivity index (χ1) is 13.3. The number of hydrogen-bond acceptors (Lipinski definition) is 3. The summed E-state index contributed by atoms with van der Waals surface area (Å²) in [6, 6.07) is 14.9. The molecule has 0 spiro atoms. The van der Waals surface area contributed by atoms with E-state index in [-0.39, 0.29) is 30.7 Å². The van der Waals surface area contributed by atoms with Gasteiger partial charge in [0.2, 0.25) is 15.9 Å². The third kappa shape index (κ3) is 5.21. The smallest absolute Gasteiger partial charge is 0.224 e. The van der Waals surface area contributed by atoms with E-state index >= 15 is 0 Å². The molecule has 3 rings (SSSR count). The van der Waals surface area contributed by atoms with E-state index in [0.29, 0.717) is 5.56 Å². The first-order valence-electron chi connectivity index (χ1n) is 9.22. The highest BCUT2D eigenvalue weighted by molar-refractivity contribution is 7.88. The molecule has 2 aromatic carbocycles. The highest BCUT2D eigenvalue weighted by Gasteiger charge is 2.16. The van der Waals surface area contributed by atoms with Gasteiger partial charge in [0.25, 0.3) is 0 Å². The summed E-state index contributed by atoms with van der Waals surface area (Å²) in [5.74, 6) is -0.220. The van der Waals surface area contributed by atoms with Crippen LogP contribution in [0.15, 0.2) is 54.7 Å². The predicted molar refractivity (Wildman–Crippen MR) is 111 cm³/mol. The SMILES string of the molecule is CC(C)NS(=O)(=O)Cc1ccccc1CNC(=O)Cc1c[nH]c2ccccc12. The molecule has 0 unspecified atom stereocenters. The summed E-state index contributed by atoms with van der Waals surface area (Å²) >= 11 is 0. The number of amides is 1. The van der Waals surface area contributed by atoms with Crippen LogP contribution in [0.5, 0.6) is 0 Å². The van der Waals surface area contributed by atoms with E-state index in [1.54, 1.807) is 26.0 Å². The van der Waals surface area contributed by atoms with Crippen LogP contribution in [-0.2, 0) is 33.5 Å². The highest BCUT2D eigenvalue weighted by atomic mass is 32.2. The van der Waals surface area contributed by atoms with Crippen molar-refractivity contribution in [1.29, 1.82) is 0 Å². The summed E-state index contributed by atoms with van der Waals surface area (Å²) in [7, 11) is -3.43. The Morgan fingerprint density at radius 1 is 1.00 bits per heavy atom. The van der Waals surface area contributed by atoms with Crippen LogP contribution in [0.25, 0.3) is 10.9 Å². The second kappa shape index (κ2) is 8.58. The van der Waals surface area contributed by atoms with Gasteiger partial charge in [0.05, 0.1) is 12.2 Å². The Morgan fingerprint density at radius 2 is 1.68 bits per heavy atom. The number of carbonyl (C=O) groups is 1. The minimum atomic E-state index is -3.43. The van der Waals surface area contributed by atoms with Crippen LogP contribution >= 0.6 is 0 Å². The Balaban J connectivity index is 1.65. The molecule has 148 valence electrons. The molecule has 1 heterocycles. The summed E-state index contributed by atoms with van der Waals surface area (Å²) in [5.41, 5.74) is 3.41. The second-order valence-corrected chi connectivity index (χ2v) is 8.87. The zero-order valence-corrected chi connectivity index (χ0v) is 16.8. The van der Waals surface area contributed by atoms with Crippen LogP contribution in [-0.4, -0.2) is 25.4 Å². The largest absolute Gasteiger partial charge is 0.361 e. The lowest BCUT2D eigenvalue weighted by molar-refractivity contribution is -0.120. The molecule has 0 aliphatic heterocycles. The third-order valence-electron chi connectivity index (χ3n) is 4.38. The fraction of sp³-hybridized carbons (Fsp3) is 0.286. The van der Waals surface area contributed by atoms with Crippen molar-refractivity contribution < 1.29 is 13.2 Å². The zero-order valence-electron chi connectivity index (χ0n) is 16.0. The number of nitrogens with one attached hydrogen (secondary N) is 3. The number of benzene rings is 2. The summed E-state index contributed by atoms with van der Waals surface area (Å²) in [5, 5.41) is 3.93. The van der Waals surface area contributed by atoms with Crippen molar-refractivity contribution in [3.63, 3.8) is 0 Å². The molecule has 1 amide bonds. The van der Waals surface area contributed by atoms with Crippen molar-refractivity contribution in [1.82, 2.24) is 15.0 Å². The number of para-hydroxylation sites is 1. The van der Waals surface area contributed by atoms with E-state index in [9.17, 15) is 13.2 Å². The van der Waals surface area contributed by atoms with E-state index in [0.717, 1.165) is 22.0 Å². The van der Waals surface area contributed by atoms with Gasteiger partial charge in [-0.25, -0.2) is 13.1 Å². The molecule has 6 nitrogen and oxygen atoms in total. The lowest BCUT2D eigenvalue weighted by Gasteiger charge is -2.13. The van der Waals surface area contributed by atoms with Gasteiger partial charge >= 0.3 is 0 Å². The maximum atomic E-state index is 12.4. The molecule has 1 aromatic heterocycles. The summed E-state index contributed by atoms with van der Waals surface area (Å²) in [4.78, 5) is 15.6. The summed E-state index contributed by atoms with van der Waals surface area (Å²) in [6.07, 6.45) is 2.11. The van der Waals surface area contributed by atoms with Crippen molar-refractivity contribution in [2.24, 2.45) is 0 Å². The maximum absolute atomic E-state index is 12.4. The fourth-order valence-electron chi connectivity index (χ4n) is 3.18. The van der Waals surface area contributed by atoms with E-state index in [1.165, 1.54) is 0 Å². The molecule has 0 atom stereocenters. The Labute approximate surface area is 165 Å². The predicted octanol–water partition coefficient (Wildman–Crippen LogP) is 2.85. The number of rotatable bonds is 8. The minimum Gasteiger partial charge on any atom is -0.361 e. The van der Waals surface area contributed by atoms with Gasteiger partial charge in [0.1, 0.15) is 0 Å². The number of fused-ring (bicyclic) bond motifs is 1. The van der Waals surface area contributed by atoms with Gasteiger partial charge in [-0.3, -0.25) is 4.79 Å². The number of carbonyl (C=O) groups excluding carboxylic acids is 1. The zero-order chi connectivity index (χ0) is 20.1. The molecule has 0 radical (unpaired) electrons.